The molecular weight excluding hydrogens is 534 g/mol. The van der Waals surface area contributed by atoms with Crippen molar-refractivity contribution in [1.29, 1.82) is 0 Å². The van der Waals surface area contributed by atoms with E-state index in [0.29, 0.717) is 19.1 Å². The lowest BCUT2D eigenvalue weighted by atomic mass is 10.1. The van der Waals surface area contributed by atoms with E-state index >= 15 is 0 Å². The lowest BCUT2D eigenvalue weighted by molar-refractivity contribution is -0.140. The van der Waals surface area contributed by atoms with Crippen molar-refractivity contribution in [3.8, 4) is 0 Å². The Morgan fingerprint density at radius 3 is 1.37 bits per heavy atom. The van der Waals surface area contributed by atoms with Crippen LogP contribution in [0.2, 0.25) is 0 Å². The number of unbranched alkanes of at least 4 members (excludes halogenated alkanes) is 14. The number of hydrogen-bond donors (Lipinski definition) is 0. The van der Waals surface area contributed by atoms with Crippen molar-refractivity contribution in [2.75, 3.05) is 47.6 Å². The zero-order valence-electron chi connectivity index (χ0n) is 31.3. The lowest BCUT2D eigenvalue weighted by Gasteiger charge is -2.24. The lowest BCUT2D eigenvalue weighted by Crippen LogP contribution is -2.37. The molecule has 0 aromatic rings. The molecule has 0 rings (SSSR count). The Bertz CT molecular complexity index is 494. The Labute approximate surface area is 272 Å². The number of likely N-dealkylation sites (N-methyl/N-ethyl adjacent to an activating group) is 1. The van der Waals surface area contributed by atoms with E-state index in [1.165, 1.54) is 103 Å². The van der Waals surface area contributed by atoms with Crippen LogP contribution in [-0.4, -0.2) is 64.5 Å². The smallest absolute Gasteiger partial charge is 0.305 e. The van der Waals surface area contributed by atoms with E-state index in [0.717, 1.165) is 45.5 Å². The van der Waals surface area contributed by atoms with Crippen LogP contribution in [-0.2, 0) is 19.0 Å². The largest absolute Gasteiger partial charge is 0.469 e. The fourth-order valence-corrected chi connectivity index (χ4v) is 3.99. The molecule has 262 valence electrons. The number of carbonyl (C=O) groups excluding carboxylic acids is 1. The Kier molecular flexibility index (Phi) is 54.7. The number of carbonyl (C=O) groups is 1. The van der Waals surface area contributed by atoms with Crippen molar-refractivity contribution in [3.05, 3.63) is 12.2 Å². The maximum atomic E-state index is 11.1. The highest BCUT2D eigenvalue weighted by Gasteiger charge is 2.11. The minimum absolute atomic E-state index is 0.127. The molecule has 0 radical (unpaired) electrons. The first kappa shape index (κ1) is 49.0. The zero-order chi connectivity index (χ0) is 33.2. The molecule has 0 aromatic carbocycles. The molecule has 0 amide bonds. The van der Waals surface area contributed by atoms with Gasteiger partial charge in [0.05, 0.1) is 26.4 Å². The van der Waals surface area contributed by atoms with Crippen LogP contribution in [0.5, 0.6) is 0 Å². The molecular formula is C38H81NO4. The summed E-state index contributed by atoms with van der Waals surface area (Å²) in [4.78, 5) is 13.3. The van der Waals surface area contributed by atoms with Gasteiger partial charge in [0.15, 0.2) is 0 Å². The van der Waals surface area contributed by atoms with Gasteiger partial charge < -0.3 is 19.1 Å². The standard InChI is InChI=1S/C30H59NO4.2C3H8.C2H6/c1-5-6-7-8-9-10-11-12-13-14-15-16-17-18-19-22-25-34-27-29(31(2)3)28-35-26-23-20-21-24-30(32)33-4;2*1-3-2;1-2/h12-13,29H,5-11,14-28H2,1-4H3;2*3H2,1-2H3;1-2H3/b13-12-;;;. The van der Waals surface area contributed by atoms with E-state index in [2.05, 4.69) is 70.5 Å². The third-order valence-electron chi connectivity index (χ3n) is 6.55. The summed E-state index contributed by atoms with van der Waals surface area (Å²) in [5, 5.41) is 0. The third-order valence-corrected chi connectivity index (χ3v) is 6.55. The zero-order valence-corrected chi connectivity index (χ0v) is 31.3. The van der Waals surface area contributed by atoms with Gasteiger partial charge in [-0.15, -0.1) is 0 Å². The second-order valence-electron chi connectivity index (χ2n) is 11.5. The van der Waals surface area contributed by atoms with Gasteiger partial charge in [-0.25, -0.2) is 0 Å². The molecule has 1 unspecified atom stereocenters. The van der Waals surface area contributed by atoms with Gasteiger partial charge in [-0.2, -0.15) is 0 Å². The highest BCUT2D eigenvalue weighted by molar-refractivity contribution is 5.68. The normalized spacial score (nSPS) is 11.2. The van der Waals surface area contributed by atoms with Crippen molar-refractivity contribution >= 4 is 5.97 Å². The van der Waals surface area contributed by atoms with Crippen molar-refractivity contribution in [2.45, 2.75) is 183 Å². The summed E-state index contributed by atoms with van der Waals surface area (Å²) < 4.78 is 16.4. The average molecular weight is 616 g/mol. The molecule has 5 heteroatoms. The molecule has 0 heterocycles. The van der Waals surface area contributed by atoms with Gasteiger partial charge in [0, 0.05) is 19.6 Å². The molecule has 0 N–H and O–H groups in total. The first-order valence-corrected chi connectivity index (χ1v) is 18.5. The van der Waals surface area contributed by atoms with Crippen LogP contribution in [0.1, 0.15) is 177 Å². The van der Waals surface area contributed by atoms with E-state index < -0.39 is 0 Å². The van der Waals surface area contributed by atoms with E-state index in [1.807, 2.05) is 13.8 Å². The minimum Gasteiger partial charge on any atom is -0.469 e. The number of ether oxygens (including phenoxy) is 3. The number of rotatable bonds is 27. The SMILES string of the molecule is CC.CCC.CCC.CCCCCCCC/C=C\CCCCCCCCOCC(COCCCCCC(=O)OC)N(C)C. The fourth-order valence-electron chi connectivity index (χ4n) is 3.99. The molecule has 0 aliphatic heterocycles. The van der Waals surface area contributed by atoms with E-state index in [1.54, 1.807) is 0 Å². The molecule has 0 fully saturated rings. The molecule has 43 heavy (non-hydrogen) atoms. The molecule has 1 atom stereocenters. The molecule has 0 bridgehead atoms. The molecule has 0 aromatic heterocycles. The van der Waals surface area contributed by atoms with Crippen molar-refractivity contribution in [3.63, 3.8) is 0 Å². The fraction of sp³-hybridized carbons (Fsp3) is 0.921. The van der Waals surface area contributed by atoms with Gasteiger partial charge in [-0.05, 0) is 59.0 Å². The van der Waals surface area contributed by atoms with Gasteiger partial charge in [-0.3, -0.25) is 4.79 Å². The molecule has 0 aliphatic rings. The number of allylic oxidation sites excluding steroid dienone is 2. The van der Waals surface area contributed by atoms with E-state index in [9.17, 15) is 4.79 Å². The number of hydrogen-bond acceptors (Lipinski definition) is 5. The van der Waals surface area contributed by atoms with Crippen LogP contribution in [0.15, 0.2) is 12.2 Å². The third kappa shape index (κ3) is 51.0. The topological polar surface area (TPSA) is 48.0 Å². The summed E-state index contributed by atoms with van der Waals surface area (Å²) >= 11 is 0. The van der Waals surface area contributed by atoms with Crippen molar-refractivity contribution in [1.82, 2.24) is 4.90 Å². The molecule has 5 nitrogen and oxygen atoms in total. The van der Waals surface area contributed by atoms with Crippen LogP contribution < -0.4 is 0 Å². The molecule has 0 saturated heterocycles. The Morgan fingerprint density at radius 2 is 0.977 bits per heavy atom. The van der Waals surface area contributed by atoms with Gasteiger partial charge in [-0.1, -0.05) is 138 Å². The monoisotopic (exact) mass is 616 g/mol. The molecule has 0 saturated carbocycles. The highest BCUT2D eigenvalue weighted by Crippen LogP contribution is 2.10. The Morgan fingerprint density at radius 1 is 0.605 bits per heavy atom. The van der Waals surface area contributed by atoms with Crippen molar-refractivity contribution in [2.24, 2.45) is 0 Å². The first-order chi connectivity index (χ1) is 20.9. The second-order valence-corrected chi connectivity index (χ2v) is 11.5. The van der Waals surface area contributed by atoms with Gasteiger partial charge in [0.1, 0.15) is 0 Å². The summed E-state index contributed by atoms with van der Waals surface area (Å²) in [6.45, 7) is 17.8. The molecule has 0 spiro atoms. The predicted octanol–water partition coefficient (Wildman–Crippen LogP) is 11.6. The first-order valence-electron chi connectivity index (χ1n) is 18.5. The number of nitrogens with zero attached hydrogens (tertiary/aromatic N) is 1. The van der Waals surface area contributed by atoms with Crippen LogP contribution in [0.25, 0.3) is 0 Å². The predicted molar refractivity (Wildman–Crippen MR) is 192 cm³/mol. The van der Waals surface area contributed by atoms with Crippen LogP contribution in [0, 0.1) is 0 Å². The van der Waals surface area contributed by atoms with Crippen LogP contribution in [0.4, 0.5) is 0 Å². The second kappa shape index (κ2) is 48.0. The summed E-state index contributed by atoms with van der Waals surface area (Å²) in [6.07, 6.45) is 29.3. The highest BCUT2D eigenvalue weighted by atomic mass is 16.5. The Balaban J connectivity index is -0.000000853. The minimum atomic E-state index is -0.127. The summed E-state index contributed by atoms with van der Waals surface area (Å²) in [7, 11) is 5.60. The summed E-state index contributed by atoms with van der Waals surface area (Å²) in [6, 6.07) is 0.291. The number of esters is 1. The van der Waals surface area contributed by atoms with Crippen molar-refractivity contribution < 1.29 is 19.0 Å². The summed E-state index contributed by atoms with van der Waals surface area (Å²) in [5.74, 6) is -0.127. The van der Waals surface area contributed by atoms with Crippen LogP contribution in [0.3, 0.4) is 0 Å². The van der Waals surface area contributed by atoms with Crippen LogP contribution >= 0.6 is 0 Å². The quantitative estimate of drug-likeness (QED) is 0.0522. The van der Waals surface area contributed by atoms with E-state index in [4.69, 9.17) is 9.47 Å². The summed E-state index contributed by atoms with van der Waals surface area (Å²) in [5.41, 5.74) is 0. The molecule has 0 aliphatic carbocycles. The number of methoxy groups -OCH3 is 1. The van der Waals surface area contributed by atoms with E-state index in [-0.39, 0.29) is 5.97 Å². The van der Waals surface area contributed by atoms with Gasteiger partial charge in [0.2, 0.25) is 0 Å². The van der Waals surface area contributed by atoms with Gasteiger partial charge in [0.25, 0.3) is 0 Å². The maximum absolute atomic E-state index is 11.1. The maximum Gasteiger partial charge on any atom is 0.305 e. The van der Waals surface area contributed by atoms with Gasteiger partial charge >= 0.3 is 5.97 Å². The average Bonchev–Trinajstić information content (AvgIpc) is 3.00. The Hall–Kier alpha value is -0.910.